The van der Waals surface area contributed by atoms with E-state index < -0.39 is 0 Å². The standard InChI is InChI=1S/C19H25BN6O2/c1-2-6-14(9-10-27)23-18-17(11-22-19(21)24-18)28-13-15-12-26(20-25-15)16-7-4-3-5-8-16/h3-5,7-8,11-12,14,27H,2,6,9-10,13H2,1H3,(H3,21,22,23,24). The van der Waals surface area contributed by atoms with Gasteiger partial charge in [-0.15, -0.1) is 0 Å². The summed E-state index contributed by atoms with van der Waals surface area (Å²) >= 11 is 0. The van der Waals surface area contributed by atoms with Crippen LogP contribution in [0.2, 0.25) is 0 Å². The van der Waals surface area contributed by atoms with Crippen LogP contribution in [0.4, 0.5) is 11.8 Å². The maximum atomic E-state index is 9.27. The van der Waals surface area contributed by atoms with Crippen LogP contribution in [0.25, 0.3) is 5.69 Å². The van der Waals surface area contributed by atoms with Crippen molar-refractivity contribution >= 4 is 19.0 Å². The topological polar surface area (TPSA) is 111 Å². The van der Waals surface area contributed by atoms with Gasteiger partial charge >= 0.3 is 164 Å². The Morgan fingerprint density at radius 2 is 2.11 bits per heavy atom. The number of nitrogens with two attached hydrogens (primary N) is 1. The number of aliphatic hydroxyl groups excluding tert-OH is 1. The number of nitrogen functional groups attached to an aromatic ring is 1. The number of hydrogen-bond donors (Lipinski definition) is 3. The summed E-state index contributed by atoms with van der Waals surface area (Å²) in [6.07, 6.45) is 6.00. The van der Waals surface area contributed by atoms with E-state index in [1.165, 1.54) is 0 Å². The number of aliphatic hydroxyl groups is 1. The number of rotatable bonds is 10. The molecule has 0 spiro atoms. The molecule has 0 aliphatic carbocycles. The number of benzene rings is 1. The van der Waals surface area contributed by atoms with Crippen LogP contribution in [0.1, 0.15) is 31.9 Å². The van der Waals surface area contributed by atoms with Gasteiger partial charge in [-0.1, -0.05) is 0 Å². The quantitative estimate of drug-likeness (QED) is 0.494. The van der Waals surface area contributed by atoms with E-state index in [2.05, 4.69) is 27.1 Å². The predicted octanol–water partition coefficient (Wildman–Crippen LogP) is 2.12. The molecule has 0 saturated carbocycles. The zero-order chi connectivity index (χ0) is 19.8. The molecule has 3 rings (SSSR count). The number of para-hydroxylation sites is 1. The number of aromatic nitrogens is 4. The van der Waals surface area contributed by atoms with Crippen LogP contribution < -0.4 is 15.8 Å². The van der Waals surface area contributed by atoms with Gasteiger partial charge in [0.05, 0.1) is 0 Å². The molecule has 2 heterocycles. The molecule has 1 aromatic carbocycles. The summed E-state index contributed by atoms with van der Waals surface area (Å²) in [5.41, 5.74) is 7.56. The van der Waals surface area contributed by atoms with Crippen molar-refractivity contribution in [1.29, 1.82) is 0 Å². The second-order valence-corrected chi connectivity index (χ2v) is 6.48. The van der Waals surface area contributed by atoms with Crippen LogP contribution in [-0.2, 0) is 6.61 Å². The van der Waals surface area contributed by atoms with Crippen LogP contribution >= 0.6 is 0 Å². The van der Waals surface area contributed by atoms with Crippen molar-refractivity contribution in [3.8, 4) is 11.4 Å². The van der Waals surface area contributed by atoms with E-state index in [4.69, 9.17) is 10.5 Å². The van der Waals surface area contributed by atoms with Gasteiger partial charge in [-0.3, -0.25) is 0 Å². The van der Waals surface area contributed by atoms with Crippen LogP contribution in [0.3, 0.4) is 0 Å². The molecule has 4 N–H and O–H groups in total. The van der Waals surface area contributed by atoms with Crippen molar-refractivity contribution in [1.82, 2.24) is 19.3 Å². The van der Waals surface area contributed by atoms with Gasteiger partial charge in [-0.25, -0.2) is 0 Å². The van der Waals surface area contributed by atoms with Crippen molar-refractivity contribution in [2.24, 2.45) is 0 Å². The summed E-state index contributed by atoms with van der Waals surface area (Å²) in [7, 11) is 1.76. The first-order chi connectivity index (χ1) is 13.7. The maximum absolute atomic E-state index is 9.27. The summed E-state index contributed by atoms with van der Waals surface area (Å²) in [6.45, 7) is 2.48. The fraction of sp³-hybridized carbons (Fsp3) is 0.368. The van der Waals surface area contributed by atoms with Crippen molar-refractivity contribution in [2.75, 3.05) is 17.7 Å². The minimum atomic E-state index is 0.0870. The molecule has 1 atom stereocenters. The molecular formula is C19H25BN6O2. The van der Waals surface area contributed by atoms with Crippen molar-refractivity contribution in [3.63, 3.8) is 0 Å². The summed E-state index contributed by atoms with van der Waals surface area (Å²) in [5, 5.41) is 12.6. The molecule has 0 bridgehead atoms. The predicted molar refractivity (Wildman–Crippen MR) is 110 cm³/mol. The summed E-state index contributed by atoms with van der Waals surface area (Å²) in [6, 6.07) is 10.0. The Morgan fingerprint density at radius 1 is 1.29 bits per heavy atom. The molecule has 3 aromatic rings. The van der Waals surface area contributed by atoms with Gasteiger partial charge in [0.15, 0.2) is 0 Å². The second kappa shape index (κ2) is 9.84. The van der Waals surface area contributed by atoms with Crippen molar-refractivity contribution in [2.45, 2.75) is 38.8 Å². The van der Waals surface area contributed by atoms with E-state index in [-0.39, 0.29) is 25.2 Å². The Morgan fingerprint density at radius 3 is 2.86 bits per heavy atom. The Kier molecular flexibility index (Phi) is 6.97. The molecular weight excluding hydrogens is 355 g/mol. The molecule has 0 fully saturated rings. The van der Waals surface area contributed by atoms with E-state index in [0.717, 1.165) is 24.2 Å². The summed E-state index contributed by atoms with van der Waals surface area (Å²) < 4.78 is 7.84. The van der Waals surface area contributed by atoms with E-state index in [9.17, 15) is 5.11 Å². The molecule has 0 radical (unpaired) electrons. The first kappa shape index (κ1) is 19.8. The third-order valence-electron chi connectivity index (χ3n) is 4.30. The zero-order valence-electron chi connectivity index (χ0n) is 16.0. The van der Waals surface area contributed by atoms with Crippen LogP contribution in [-0.4, -0.2) is 44.3 Å². The summed E-state index contributed by atoms with van der Waals surface area (Å²) in [4.78, 5) is 12.7. The number of nitrogens with one attached hydrogen (secondary N) is 1. The van der Waals surface area contributed by atoms with Gasteiger partial charge in [-0.2, -0.15) is 0 Å². The first-order valence-electron chi connectivity index (χ1n) is 9.40. The zero-order valence-corrected chi connectivity index (χ0v) is 16.0. The van der Waals surface area contributed by atoms with Crippen LogP contribution in [0.5, 0.6) is 5.75 Å². The first-order valence-corrected chi connectivity index (χ1v) is 9.40. The Balaban J connectivity index is 1.70. The van der Waals surface area contributed by atoms with E-state index in [0.29, 0.717) is 18.0 Å². The number of ether oxygens (including phenoxy) is 1. The Bertz CT molecular complexity index is 868. The number of nitrogens with zero attached hydrogens (tertiary/aromatic N) is 4. The van der Waals surface area contributed by atoms with Crippen molar-refractivity contribution in [3.05, 3.63) is 48.4 Å². The number of hydrogen-bond acceptors (Lipinski definition) is 7. The number of anilines is 2. The van der Waals surface area contributed by atoms with Gasteiger partial charge in [0.2, 0.25) is 0 Å². The van der Waals surface area contributed by atoms with E-state index in [1.807, 2.05) is 41.0 Å². The fourth-order valence-corrected chi connectivity index (χ4v) is 2.91. The van der Waals surface area contributed by atoms with Gasteiger partial charge in [0.1, 0.15) is 0 Å². The molecule has 2 aromatic heterocycles. The SMILES string of the molecule is CCCC(CCO)Nc1nc(N)ncc1OCc1cn(-c2ccccc2)bn1. The second-order valence-electron chi connectivity index (χ2n) is 6.48. The van der Waals surface area contributed by atoms with Crippen LogP contribution in [0.15, 0.2) is 42.7 Å². The van der Waals surface area contributed by atoms with Gasteiger partial charge in [0, 0.05) is 0 Å². The monoisotopic (exact) mass is 380 g/mol. The van der Waals surface area contributed by atoms with Crippen LogP contribution in [0, 0.1) is 0 Å². The molecule has 0 amide bonds. The molecule has 146 valence electrons. The fourth-order valence-electron chi connectivity index (χ4n) is 2.91. The molecule has 1 unspecified atom stereocenters. The third-order valence-corrected chi connectivity index (χ3v) is 4.30. The van der Waals surface area contributed by atoms with Gasteiger partial charge in [0.25, 0.3) is 0 Å². The molecule has 0 aliphatic heterocycles. The molecule has 0 aliphatic rings. The third kappa shape index (κ3) is 5.29. The van der Waals surface area contributed by atoms with E-state index >= 15 is 0 Å². The molecule has 28 heavy (non-hydrogen) atoms. The van der Waals surface area contributed by atoms with Crippen molar-refractivity contribution < 1.29 is 9.84 Å². The minimum absolute atomic E-state index is 0.0870. The normalized spacial score (nSPS) is 11.8. The molecule has 8 nitrogen and oxygen atoms in total. The average Bonchev–Trinajstić information content (AvgIpc) is 3.18. The summed E-state index contributed by atoms with van der Waals surface area (Å²) in [5.74, 6) is 1.20. The average molecular weight is 380 g/mol. The molecule has 0 saturated heterocycles. The Labute approximate surface area is 165 Å². The van der Waals surface area contributed by atoms with Gasteiger partial charge < -0.3 is 0 Å². The van der Waals surface area contributed by atoms with E-state index in [1.54, 1.807) is 13.4 Å². The molecule has 9 heteroatoms. The van der Waals surface area contributed by atoms with Gasteiger partial charge in [-0.05, 0) is 0 Å². The Hall–Kier alpha value is -2.94.